The van der Waals surface area contributed by atoms with Crippen LogP contribution in [0.1, 0.15) is 25.3 Å². The SMILES string of the molecule is Cc1ccc(-n2cc(-c3ccccc3)c3c(N4CCCC(C)C4)ncnc32)cc1. The van der Waals surface area contributed by atoms with E-state index in [1.165, 1.54) is 29.5 Å². The van der Waals surface area contributed by atoms with E-state index in [0.29, 0.717) is 5.92 Å². The number of fused-ring (bicyclic) bond motifs is 1. The van der Waals surface area contributed by atoms with Crippen LogP contribution in [0.15, 0.2) is 67.1 Å². The van der Waals surface area contributed by atoms with Crippen LogP contribution in [-0.4, -0.2) is 27.6 Å². The van der Waals surface area contributed by atoms with Gasteiger partial charge < -0.3 is 9.47 Å². The van der Waals surface area contributed by atoms with Crippen LogP contribution in [0.4, 0.5) is 5.82 Å². The van der Waals surface area contributed by atoms with Gasteiger partial charge in [-0.05, 0) is 43.4 Å². The average molecular weight is 383 g/mol. The number of hydrogen-bond acceptors (Lipinski definition) is 3. The lowest BCUT2D eigenvalue weighted by Gasteiger charge is -2.32. The van der Waals surface area contributed by atoms with Crippen LogP contribution in [0.3, 0.4) is 0 Å². The Balaban J connectivity index is 1.76. The highest BCUT2D eigenvalue weighted by atomic mass is 15.2. The van der Waals surface area contributed by atoms with Crippen molar-refractivity contribution >= 4 is 16.9 Å². The van der Waals surface area contributed by atoms with Crippen molar-refractivity contribution in [2.75, 3.05) is 18.0 Å². The summed E-state index contributed by atoms with van der Waals surface area (Å²) in [6.45, 7) is 6.56. The molecule has 0 bridgehead atoms. The highest BCUT2D eigenvalue weighted by molar-refractivity contribution is 6.02. The van der Waals surface area contributed by atoms with E-state index in [4.69, 9.17) is 9.97 Å². The average Bonchev–Trinajstić information content (AvgIpc) is 3.15. The molecule has 146 valence electrons. The molecular weight excluding hydrogens is 356 g/mol. The Morgan fingerprint density at radius 3 is 2.52 bits per heavy atom. The first-order valence-corrected chi connectivity index (χ1v) is 10.4. The summed E-state index contributed by atoms with van der Waals surface area (Å²) in [5.41, 5.74) is 5.74. The van der Waals surface area contributed by atoms with Crippen molar-refractivity contribution < 1.29 is 0 Å². The number of aryl methyl sites for hydroxylation is 1. The van der Waals surface area contributed by atoms with Gasteiger partial charge in [0.15, 0.2) is 5.65 Å². The fourth-order valence-electron chi connectivity index (χ4n) is 4.41. The number of rotatable bonds is 3. The molecule has 4 nitrogen and oxygen atoms in total. The second-order valence-corrected chi connectivity index (χ2v) is 8.20. The Kier molecular flexibility index (Phi) is 4.55. The van der Waals surface area contributed by atoms with Gasteiger partial charge in [0.1, 0.15) is 12.1 Å². The maximum atomic E-state index is 4.77. The van der Waals surface area contributed by atoms with Crippen LogP contribution < -0.4 is 4.90 Å². The molecule has 0 radical (unpaired) electrons. The highest BCUT2D eigenvalue weighted by Gasteiger charge is 2.24. The molecule has 1 aliphatic heterocycles. The predicted octanol–water partition coefficient (Wildman–Crippen LogP) is 5.63. The lowest BCUT2D eigenvalue weighted by molar-refractivity contribution is 0.445. The molecule has 4 aromatic rings. The molecule has 0 N–H and O–H groups in total. The Hall–Kier alpha value is -3.14. The molecular formula is C25H26N4. The van der Waals surface area contributed by atoms with E-state index in [0.717, 1.165) is 35.6 Å². The van der Waals surface area contributed by atoms with Gasteiger partial charge in [0.25, 0.3) is 0 Å². The molecule has 29 heavy (non-hydrogen) atoms. The molecule has 5 rings (SSSR count). The van der Waals surface area contributed by atoms with Crippen molar-refractivity contribution in [3.63, 3.8) is 0 Å². The van der Waals surface area contributed by atoms with Crippen LogP contribution >= 0.6 is 0 Å². The summed E-state index contributed by atoms with van der Waals surface area (Å²) in [4.78, 5) is 11.9. The summed E-state index contributed by atoms with van der Waals surface area (Å²) in [5.74, 6) is 1.75. The van der Waals surface area contributed by atoms with Crippen LogP contribution in [0.2, 0.25) is 0 Å². The zero-order chi connectivity index (χ0) is 19.8. The summed E-state index contributed by atoms with van der Waals surface area (Å²) < 4.78 is 2.20. The monoisotopic (exact) mass is 382 g/mol. The lowest BCUT2D eigenvalue weighted by Crippen LogP contribution is -2.35. The smallest absolute Gasteiger partial charge is 0.150 e. The minimum absolute atomic E-state index is 0.688. The van der Waals surface area contributed by atoms with Crippen molar-refractivity contribution in [2.24, 2.45) is 5.92 Å². The van der Waals surface area contributed by atoms with E-state index < -0.39 is 0 Å². The van der Waals surface area contributed by atoms with E-state index in [2.05, 4.69) is 84.1 Å². The molecule has 2 aromatic carbocycles. The Bertz CT molecular complexity index is 1130. The highest BCUT2D eigenvalue weighted by Crippen LogP contribution is 2.37. The summed E-state index contributed by atoms with van der Waals surface area (Å²) in [6.07, 6.45) is 6.44. The molecule has 4 heteroatoms. The van der Waals surface area contributed by atoms with Crippen LogP contribution in [0, 0.1) is 12.8 Å². The minimum Gasteiger partial charge on any atom is -0.356 e. The van der Waals surface area contributed by atoms with Crippen LogP contribution in [0.25, 0.3) is 27.8 Å². The minimum atomic E-state index is 0.688. The third-order valence-electron chi connectivity index (χ3n) is 5.92. The Morgan fingerprint density at radius 1 is 0.966 bits per heavy atom. The zero-order valence-electron chi connectivity index (χ0n) is 17.0. The first-order chi connectivity index (χ1) is 14.2. The summed E-state index contributed by atoms with van der Waals surface area (Å²) in [5, 5.41) is 1.15. The van der Waals surface area contributed by atoms with Crippen molar-refractivity contribution in [3.8, 4) is 16.8 Å². The number of hydrogen-bond donors (Lipinski definition) is 0. The first-order valence-electron chi connectivity index (χ1n) is 10.4. The topological polar surface area (TPSA) is 34.0 Å². The maximum Gasteiger partial charge on any atom is 0.150 e. The zero-order valence-corrected chi connectivity index (χ0v) is 17.0. The van der Waals surface area contributed by atoms with Gasteiger partial charge in [-0.1, -0.05) is 55.0 Å². The molecule has 1 saturated heterocycles. The molecule has 1 fully saturated rings. The van der Waals surface area contributed by atoms with Crippen molar-refractivity contribution in [1.82, 2.24) is 14.5 Å². The van der Waals surface area contributed by atoms with Gasteiger partial charge in [0.2, 0.25) is 0 Å². The normalized spacial score (nSPS) is 17.0. The van der Waals surface area contributed by atoms with Crippen molar-refractivity contribution in [3.05, 3.63) is 72.7 Å². The van der Waals surface area contributed by atoms with Gasteiger partial charge in [-0.3, -0.25) is 0 Å². The molecule has 0 spiro atoms. The predicted molar refractivity (Wildman–Crippen MR) is 120 cm³/mol. The molecule has 1 aliphatic rings. The standard InChI is InChI=1S/C25H26N4/c1-18-10-12-21(13-11-18)29-16-22(20-8-4-3-5-9-20)23-24(26-17-27-25(23)29)28-14-6-7-19(2)15-28/h3-5,8-13,16-17,19H,6-7,14-15H2,1-2H3. The second-order valence-electron chi connectivity index (χ2n) is 8.20. The molecule has 0 amide bonds. The summed E-state index contributed by atoms with van der Waals surface area (Å²) in [6, 6.07) is 19.2. The largest absolute Gasteiger partial charge is 0.356 e. The number of nitrogens with zero attached hydrogens (tertiary/aromatic N) is 4. The summed E-state index contributed by atoms with van der Waals surface area (Å²) >= 11 is 0. The first kappa shape index (κ1) is 17.9. The quantitative estimate of drug-likeness (QED) is 0.460. The van der Waals surface area contributed by atoms with E-state index >= 15 is 0 Å². The third kappa shape index (κ3) is 3.29. The number of aromatic nitrogens is 3. The van der Waals surface area contributed by atoms with Gasteiger partial charge in [-0.2, -0.15) is 0 Å². The van der Waals surface area contributed by atoms with E-state index in [-0.39, 0.29) is 0 Å². The molecule has 0 aliphatic carbocycles. The number of piperidine rings is 1. The van der Waals surface area contributed by atoms with Crippen LogP contribution in [-0.2, 0) is 0 Å². The van der Waals surface area contributed by atoms with Gasteiger partial charge in [0, 0.05) is 30.5 Å². The van der Waals surface area contributed by atoms with Gasteiger partial charge in [0.05, 0.1) is 5.39 Å². The van der Waals surface area contributed by atoms with Gasteiger partial charge >= 0.3 is 0 Å². The van der Waals surface area contributed by atoms with Gasteiger partial charge in [-0.25, -0.2) is 9.97 Å². The number of benzene rings is 2. The second kappa shape index (κ2) is 7.36. The Morgan fingerprint density at radius 2 is 1.76 bits per heavy atom. The lowest BCUT2D eigenvalue weighted by atomic mass is 9.99. The van der Waals surface area contributed by atoms with Crippen molar-refractivity contribution in [2.45, 2.75) is 26.7 Å². The fraction of sp³-hybridized carbons (Fsp3) is 0.280. The summed E-state index contributed by atoms with van der Waals surface area (Å²) in [7, 11) is 0. The molecule has 1 unspecified atom stereocenters. The van der Waals surface area contributed by atoms with Crippen LogP contribution in [0.5, 0.6) is 0 Å². The van der Waals surface area contributed by atoms with E-state index in [1.807, 2.05) is 0 Å². The molecule has 0 saturated carbocycles. The van der Waals surface area contributed by atoms with Gasteiger partial charge in [-0.15, -0.1) is 0 Å². The molecule has 3 heterocycles. The maximum absolute atomic E-state index is 4.77. The number of anilines is 1. The third-order valence-corrected chi connectivity index (χ3v) is 5.92. The Labute approximate surface area is 171 Å². The molecule has 1 atom stereocenters. The molecule has 2 aromatic heterocycles. The van der Waals surface area contributed by atoms with Crippen molar-refractivity contribution in [1.29, 1.82) is 0 Å². The van der Waals surface area contributed by atoms with E-state index in [1.54, 1.807) is 6.33 Å². The fourth-order valence-corrected chi connectivity index (χ4v) is 4.41. The van der Waals surface area contributed by atoms with E-state index in [9.17, 15) is 0 Å².